The van der Waals surface area contributed by atoms with Gasteiger partial charge in [-0.1, -0.05) is 12.6 Å². The highest BCUT2D eigenvalue weighted by molar-refractivity contribution is 7.96. The Morgan fingerprint density at radius 3 is 3.09 bits per heavy atom. The maximum atomic E-state index is 10.3. The van der Waals surface area contributed by atoms with Gasteiger partial charge in [0.25, 0.3) is 5.24 Å². The van der Waals surface area contributed by atoms with Gasteiger partial charge in [-0.25, -0.2) is 0 Å². The monoisotopic (exact) mass is 170 g/mol. The van der Waals surface area contributed by atoms with Crippen LogP contribution < -0.4 is 5.32 Å². The second-order valence-electron chi connectivity index (χ2n) is 2.20. The van der Waals surface area contributed by atoms with Gasteiger partial charge in [-0.3, -0.25) is 4.79 Å². The maximum Gasteiger partial charge on any atom is 0.275 e. The molecule has 0 unspecified atom stereocenters. The number of nitrogens with one attached hydrogen (secondary N) is 2. The molecule has 1 rings (SSSR count). The highest BCUT2D eigenvalue weighted by Crippen LogP contribution is 1.95. The Morgan fingerprint density at radius 1 is 1.73 bits per heavy atom. The lowest BCUT2D eigenvalue weighted by Gasteiger charge is -1.97. The summed E-state index contributed by atoms with van der Waals surface area (Å²) in [7, 11) is 0. The number of aromatic nitrogens is 1. The van der Waals surface area contributed by atoms with Crippen molar-refractivity contribution < 1.29 is 4.79 Å². The molecule has 0 aliphatic heterocycles. The molecule has 1 amide bonds. The van der Waals surface area contributed by atoms with Crippen molar-refractivity contribution in [2.75, 3.05) is 6.54 Å². The van der Waals surface area contributed by atoms with E-state index >= 15 is 0 Å². The second kappa shape index (κ2) is 4.08. The predicted octanol–water partition coefficient (Wildman–Crippen LogP) is 1.20. The zero-order chi connectivity index (χ0) is 8.10. The van der Waals surface area contributed by atoms with Gasteiger partial charge in [0.2, 0.25) is 0 Å². The molecule has 3 nitrogen and oxygen atoms in total. The van der Waals surface area contributed by atoms with Gasteiger partial charge in [0.15, 0.2) is 0 Å². The molecule has 0 fully saturated rings. The van der Waals surface area contributed by atoms with E-state index < -0.39 is 0 Å². The van der Waals surface area contributed by atoms with Crippen molar-refractivity contribution in [3.05, 3.63) is 24.0 Å². The first-order valence-corrected chi connectivity index (χ1v) is 3.82. The number of thiol groups is 1. The molecule has 4 heteroatoms. The number of hydrogen-bond acceptors (Lipinski definition) is 1. The smallest absolute Gasteiger partial charge is 0.275 e. The van der Waals surface area contributed by atoms with Gasteiger partial charge >= 0.3 is 0 Å². The molecule has 11 heavy (non-hydrogen) atoms. The Hall–Kier alpha value is -0.900. The summed E-state index contributed by atoms with van der Waals surface area (Å²) in [6.45, 7) is 0.639. The van der Waals surface area contributed by atoms with Crippen molar-refractivity contribution in [2.24, 2.45) is 0 Å². The summed E-state index contributed by atoms with van der Waals surface area (Å²) < 4.78 is 0. The molecule has 1 heterocycles. The van der Waals surface area contributed by atoms with Gasteiger partial charge in [0.05, 0.1) is 0 Å². The number of aromatic amines is 1. The van der Waals surface area contributed by atoms with E-state index in [1.165, 1.54) is 5.56 Å². The lowest BCUT2D eigenvalue weighted by Crippen LogP contribution is -2.19. The van der Waals surface area contributed by atoms with Gasteiger partial charge in [0, 0.05) is 18.9 Å². The summed E-state index contributed by atoms with van der Waals surface area (Å²) in [6, 6.07) is 1.98. The molecule has 2 N–H and O–H groups in total. The van der Waals surface area contributed by atoms with E-state index in [0.717, 1.165) is 6.42 Å². The fourth-order valence-corrected chi connectivity index (χ4v) is 0.939. The van der Waals surface area contributed by atoms with Crippen molar-refractivity contribution in [2.45, 2.75) is 6.42 Å². The zero-order valence-corrected chi connectivity index (χ0v) is 6.90. The van der Waals surface area contributed by atoms with Crippen molar-refractivity contribution in [1.82, 2.24) is 10.3 Å². The molecule has 0 aliphatic rings. The Balaban J connectivity index is 2.19. The van der Waals surface area contributed by atoms with Crippen LogP contribution in [0.4, 0.5) is 4.79 Å². The number of hydrogen-bond donors (Lipinski definition) is 3. The Labute approximate surface area is 70.6 Å². The van der Waals surface area contributed by atoms with Gasteiger partial charge in [0.1, 0.15) is 0 Å². The third-order valence-electron chi connectivity index (χ3n) is 1.35. The first-order chi connectivity index (χ1) is 5.29. The first-order valence-electron chi connectivity index (χ1n) is 3.37. The second-order valence-corrected chi connectivity index (χ2v) is 2.61. The van der Waals surface area contributed by atoms with Crippen LogP contribution in [0.3, 0.4) is 0 Å². The van der Waals surface area contributed by atoms with Crippen LogP contribution in [0.1, 0.15) is 5.56 Å². The van der Waals surface area contributed by atoms with Crippen LogP contribution in [0, 0.1) is 0 Å². The van der Waals surface area contributed by atoms with Crippen LogP contribution in [0.25, 0.3) is 0 Å². The van der Waals surface area contributed by atoms with E-state index in [0.29, 0.717) is 6.54 Å². The summed E-state index contributed by atoms with van der Waals surface area (Å²) in [6.07, 6.45) is 4.61. The van der Waals surface area contributed by atoms with Gasteiger partial charge in [-0.15, -0.1) is 0 Å². The third kappa shape index (κ3) is 3.13. The topological polar surface area (TPSA) is 44.9 Å². The standard InChI is InChI=1S/C7H10N2OS/c10-7(11)9-4-2-6-1-3-8-5-6/h1,3,5,8H,2,4H2,(H2,9,10,11). The summed E-state index contributed by atoms with van der Waals surface area (Å²) in [4.78, 5) is 13.3. The molecule has 0 bridgehead atoms. The van der Waals surface area contributed by atoms with E-state index in [4.69, 9.17) is 0 Å². The van der Waals surface area contributed by atoms with E-state index in [-0.39, 0.29) is 5.24 Å². The summed E-state index contributed by atoms with van der Waals surface area (Å²) in [5.41, 5.74) is 1.19. The van der Waals surface area contributed by atoms with Crippen LogP contribution in [-0.4, -0.2) is 16.8 Å². The van der Waals surface area contributed by atoms with Crippen molar-refractivity contribution in [3.63, 3.8) is 0 Å². The van der Waals surface area contributed by atoms with E-state index in [9.17, 15) is 4.79 Å². The largest absolute Gasteiger partial charge is 0.367 e. The summed E-state index contributed by atoms with van der Waals surface area (Å²) >= 11 is 3.57. The molecule has 0 saturated carbocycles. The van der Waals surface area contributed by atoms with E-state index in [1.807, 2.05) is 18.5 Å². The van der Waals surface area contributed by atoms with E-state index in [1.54, 1.807) is 0 Å². The molecule has 0 radical (unpaired) electrons. The highest BCUT2D eigenvalue weighted by Gasteiger charge is 1.93. The predicted molar refractivity (Wildman–Crippen MR) is 46.9 cm³/mol. The molecule has 1 aromatic rings. The molecular formula is C7H10N2OS. The third-order valence-corrected chi connectivity index (χ3v) is 1.51. The molecular weight excluding hydrogens is 160 g/mol. The van der Waals surface area contributed by atoms with Crippen LogP contribution in [0.5, 0.6) is 0 Å². The van der Waals surface area contributed by atoms with Crippen molar-refractivity contribution in [1.29, 1.82) is 0 Å². The number of rotatable bonds is 3. The fourth-order valence-electron chi connectivity index (χ4n) is 0.828. The minimum Gasteiger partial charge on any atom is -0.367 e. The van der Waals surface area contributed by atoms with Crippen LogP contribution in [0.15, 0.2) is 18.5 Å². The minimum atomic E-state index is -0.277. The van der Waals surface area contributed by atoms with Crippen LogP contribution in [-0.2, 0) is 6.42 Å². The Bertz CT molecular complexity index is 220. The quantitative estimate of drug-likeness (QED) is 0.586. The molecule has 1 aromatic heterocycles. The lowest BCUT2D eigenvalue weighted by atomic mass is 10.2. The minimum absolute atomic E-state index is 0.277. The number of carbonyl (C=O) groups is 1. The molecule has 0 atom stereocenters. The number of amides is 1. The van der Waals surface area contributed by atoms with Gasteiger partial charge < -0.3 is 10.3 Å². The molecule has 60 valence electrons. The number of carbonyl (C=O) groups excluding carboxylic acids is 1. The maximum absolute atomic E-state index is 10.3. The van der Waals surface area contributed by atoms with Crippen LogP contribution >= 0.6 is 12.6 Å². The normalized spacial score (nSPS) is 9.55. The highest BCUT2D eigenvalue weighted by atomic mass is 32.1. The van der Waals surface area contributed by atoms with E-state index in [2.05, 4.69) is 22.9 Å². The summed E-state index contributed by atoms with van der Waals surface area (Å²) in [5, 5.41) is 2.32. The molecule has 0 aliphatic carbocycles. The average molecular weight is 170 g/mol. The molecule has 0 spiro atoms. The first kappa shape index (κ1) is 8.20. The van der Waals surface area contributed by atoms with Gasteiger partial charge in [-0.2, -0.15) is 0 Å². The molecule has 0 saturated heterocycles. The van der Waals surface area contributed by atoms with Crippen molar-refractivity contribution in [3.8, 4) is 0 Å². The number of H-pyrrole nitrogens is 1. The summed E-state index contributed by atoms with van der Waals surface area (Å²) in [5.74, 6) is 0. The lowest BCUT2D eigenvalue weighted by molar-refractivity contribution is 0.261. The van der Waals surface area contributed by atoms with Crippen molar-refractivity contribution >= 4 is 17.9 Å². The van der Waals surface area contributed by atoms with Gasteiger partial charge in [-0.05, 0) is 18.1 Å². The Kier molecular flexibility index (Phi) is 3.04. The zero-order valence-electron chi connectivity index (χ0n) is 6.00. The average Bonchev–Trinajstić information content (AvgIpc) is 2.39. The van der Waals surface area contributed by atoms with Crippen LogP contribution in [0.2, 0.25) is 0 Å². The SMILES string of the molecule is O=C(S)NCCc1cc[nH]c1. The fraction of sp³-hybridized carbons (Fsp3) is 0.286. The molecule has 0 aromatic carbocycles. The Morgan fingerprint density at radius 2 is 2.55 bits per heavy atom.